The number of H-pyrrole nitrogens is 1. The third-order valence-electron chi connectivity index (χ3n) is 4.03. The number of fused-ring (bicyclic) bond motifs is 1. The van der Waals surface area contributed by atoms with Crippen LogP contribution >= 0.6 is 0 Å². The van der Waals surface area contributed by atoms with Crippen molar-refractivity contribution in [2.75, 3.05) is 5.32 Å². The maximum atomic E-state index is 11.8. The van der Waals surface area contributed by atoms with Gasteiger partial charge in [0.25, 0.3) is 5.91 Å². The first kappa shape index (κ1) is 18.5. The zero-order chi connectivity index (χ0) is 19.8. The second-order valence-electron chi connectivity index (χ2n) is 7.36. The van der Waals surface area contributed by atoms with Crippen molar-refractivity contribution in [2.24, 2.45) is 11.5 Å². The molecular weight excluding hydrogens is 346 g/mol. The number of hydrogen-bond donors (Lipinski definition) is 5. The van der Waals surface area contributed by atoms with Gasteiger partial charge in [0.2, 0.25) is 0 Å². The normalized spacial score (nSPS) is 11.7. The van der Waals surface area contributed by atoms with Gasteiger partial charge >= 0.3 is 6.03 Å². The van der Waals surface area contributed by atoms with Crippen molar-refractivity contribution in [1.29, 1.82) is 0 Å². The molecule has 0 aliphatic heterocycles. The Kier molecular flexibility index (Phi) is 4.67. The number of hydrogen-bond acceptors (Lipinski definition) is 4. The highest BCUT2D eigenvalue weighted by Gasteiger charge is 2.18. The summed E-state index contributed by atoms with van der Waals surface area (Å²) in [6.07, 6.45) is 0. The second kappa shape index (κ2) is 6.81. The van der Waals surface area contributed by atoms with E-state index in [2.05, 4.69) is 36.4 Å². The maximum Gasteiger partial charge on any atom is 0.317 e. The van der Waals surface area contributed by atoms with Crippen molar-refractivity contribution >= 4 is 28.7 Å². The van der Waals surface area contributed by atoms with Gasteiger partial charge in [-0.1, -0.05) is 12.1 Å². The van der Waals surface area contributed by atoms with Gasteiger partial charge in [0.1, 0.15) is 17.3 Å². The number of anilines is 1. The lowest BCUT2D eigenvalue weighted by molar-refractivity contribution is 0.100. The Morgan fingerprint density at radius 3 is 2.52 bits per heavy atom. The molecule has 2 heterocycles. The van der Waals surface area contributed by atoms with E-state index in [0.29, 0.717) is 23.2 Å². The van der Waals surface area contributed by atoms with Crippen LogP contribution in [0.25, 0.3) is 22.2 Å². The van der Waals surface area contributed by atoms with Crippen molar-refractivity contribution in [3.8, 4) is 11.3 Å². The average Bonchev–Trinajstić information content (AvgIpc) is 3.14. The van der Waals surface area contributed by atoms with Crippen molar-refractivity contribution in [1.82, 2.24) is 10.3 Å². The molecule has 0 radical (unpaired) electrons. The summed E-state index contributed by atoms with van der Waals surface area (Å²) in [5.41, 5.74) is 12.2. The topological polar surface area (TPSA) is 139 Å². The van der Waals surface area contributed by atoms with E-state index in [1.807, 2.05) is 24.3 Å². The summed E-state index contributed by atoms with van der Waals surface area (Å²) in [6, 6.07) is 8.43. The number of urea groups is 1. The molecule has 3 amide bonds. The van der Waals surface area contributed by atoms with Gasteiger partial charge in [-0.2, -0.15) is 0 Å². The number of primary amides is 2. The Labute approximate surface area is 156 Å². The van der Waals surface area contributed by atoms with Crippen LogP contribution in [0.3, 0.4) is 0 Å². The molecule has 0 bridgehead atoms. The van der Waals surface area contributed by atoms with Crippen molar-refractivity contribution in [2.45, 2.75) is 32.9 Å². The van der Waals surface area contributed by atoms with Crippen LogP contribution in [0.2, 0.25) is 0 Å². The molecule has 1 aromatic carbocycles. The molecule has 0 aliphatic carbocycles. The lowest BCUT2D eigenvalue weighted by atomic mass is 10.1. The molecule has 27 heavy (non-hydrogen) atoms. The van der Waals surface area contributed by atoms with E-state index < -0.39 is 11.9 Å². The first-order valence-corrected chi connectivity index (χ1v) is 8.50. The van der Waals surface area contributed by atoms with E-state index in [1.165, 1.54) is 0 Å². The molecule has 0 spiro atoms. The molecule has 0 unspecified atom stereocenters. The summed E-state index contributed by atoms with van der Waals surface area (Å²) in [5.74, 6) is 1.03. The molecular formula is C19H23N5O3. The van der Waals surface area contributed by atoms with Gasteiger partial charge in [0.05, 0.1) is 12.1 Å². The Morgan fingerprint density at radius 1 is 1.15 bits per heavy atom. The second-order valence-corrected chi connectivity index (χ2v) is 7.36. The van der Waals surface area contributed by atoms with Gasteiger partial charge in [-0.3, -0.25) is 10.1 Å². The van der Waals surface area contributed by atoms with Crippen LogP contribution in [0.5, 0.6) is 0 Å². The van der Waals surface area contributed by atoms with Gasteiger partial charge in [-0.25, -0.2) is 4.79 Å². The molecule has 0 saturated heterocycles. The zero-order valence-corrected chi connectivity index (χ0v) is 15.5. The predicted octanol–water partition coefficient (Wildman–Crippen LogP) is 2.91. The van der Waals surface area contributed by atoms with Crippen LogP contribution in [0.15, 0.2) is 34.7 Å². The Morgan fingerprint density at radius 2 is 1.89 bits per heavy atom. The molecule has 0 aliphatic rings. The van der Waals surface area contributed by atoms with Crippen LogP contribution in [-0.2, 0) is 6.54 Å². The minimum absolute atomic E-state index is 0.00883. The minimum Gasteiger partial charge on any atom is -0.460 e. The number of aromatic nitrogens is 1. The summed E-state index contributed by atoms with van der Waals surface area (Å²) in [7, 11) is 0. The van der Waals surface area contributed by atoms with E-state index in [4.69, 9.17) is 15.9 Å². The van der Waals surface area contributed by atoms with E-state index in [1.54, 1.807) is 6.07 Å². The third-order valence-corrected chi connectivity index (χ3v) is 4.03. The summed E-state index contributed by atoms with van der Waals surface area (Å²) in [4.78, 5) is 25.9. The molecule has 0 atom stereocenters. The Bertz CT molecular complexity index is 1010. The molecule has 3 aromatic rings. The van der Waals surface area contributed by atoms with Crippen LogP contribution in [0, 0.1) is 0 Å². The molecule has 7 N–H and O–H groups in total. The smallest absolute Gasteiger partial charge is 0.317 e. The summed E-state index contributed by atoms with van der Waals surface area (Å²) in [6.45, 7) is 6.88. The van der Waals surface area contributed by atoms with Gasteiger partial charge < -0.3 is 26.2 Å². The van der Waals surface area contributed by atoms with Crippen molar-refractivity contribution in [3.05, 3.63) is 41.7 Å². The molecule has 142 valence electrons. The summed E-state index contributed by atoms with van der Waals surface area (Å²) < 4.78 is 5.91. The van der Waals surface area contributed by atoms with Gasteiger partial charge in [-0.15, -0.1) is 0 Å². The number of furan rings is 1. The number of nitrogens with one attached hydrogen (secondary N) is 3. The zero-order valence-electron chi connectivity index (χ0n) is 15.5. The largest absolute Gasteiger partial charge is 0.460 e. The van der Waals surface area contributed by atoms with Crippen LogP contribution in [-0.4, -0.2) is 22.5 Å². The lowest BCUT2D eigenvalue weighted by Gasteiger charge is -2.19. The highest BCUT2D eigenvalue weighted by atomic mass is 16.3. The van der Waals surface area contributed by atoms with E-state index in [-0.39, 0.29) is 16.9 Å². The first-order valence-electron chi connectivity index (χ1n) is 8.50. The predicted molar refractivity (Wildman–Crippen MR) is 104 cm³/mol. The molecule has 8 heteroatoms. The Hall–Kier alpha value is -3.26. The fraction of sp³-hybridized carbons (Fsp3) is 0.263. The van der Waals surface area contributed by atoms with Crippen molar-refractivity contribution < 1.29 is 14.0 Å². The molecule has 8 nitrogen and oxygen atoms in total. The van der Waals surface area contributed by atoms with E-state index in [9.17, 15) is 9.59 Å². The standard InChI is InChI=1S/C19H23N5O3/c1-19(2,3)22-9-11-5-7-14(27-11)10-4-6-12-13(8-10)23-17(24-18(21)26)15(12)16(20)25/h4-8,22-23H,9H2,1-3H3,(H2,20,25)(H3,21,24,26). The molecule has 0 fully saturated rings. The number of aromatic amines is 1. The fourth-order valence-electron chi connectivity index (χ4n) is 2.80. The summed E-state index contributed by atoms with van der Waals surface area (Å²) >= 11 is 0. The number of carbonyl (C=O) groups excluding carboxylic acids is 2. The highest BCUT2D eigenvalue weighted by molar-refractivity contribution is 6.13. The van der Waals surface area contributed by atoms with Crippen LogP contribution in [0.4, 0.5) is 10.6 Å². The maximum absolute atomic E-state index is 11.8. The van der Waals surface area contributed by atoms with Gasteiger partial charge in [0.15, 0.2) is 0 Å². The number of benzene rings is 1. The number of nitrogens with two attached hydrogens (primary N) is 2. The van der Waals surface area contributed by atoms with E-state index in [0.717, 1.165) is 11.3 Å². The van der Waals surface area contributed by atoms with Gasteiger partial charge in [-0.05, 0) is 39.0 Å². The number of amides is 3. The minimum atomic E-state index is -0.786. The quantitative estimate of drug-likeness (QED) is 0.472. The molecule has 2 aromatic heterocycles. The fourth-order valence-corrected chi connectivity index (χ4v) is 2.80. The van der Waals surface area contributed by atoms with Crippen LogP contribution < -0.4 is 22.1 Å². The summed E-state index contributed by atoms with van der Waals surface area (Å²) in [5, 5.41) is 6.35. The SMILES string of the molecule is CC(C)(C)NCc1ccc(-c2ccc3c(C(N)=O)c(NC(N)=O)[nH]c3c2)o1. The number of carbonyl (C=O) groups is 2. The highest BCUT2D eigenvalue weighted by Crippen LogP contribution is 2.31. The third kappa shape index (κ3) is 4.12. The van der Waals surface area contributed by atoms with Crippen LogP contribution in [0.1, 0.15) is 36.9 Å². The van der Waals surface area contributed by atoms with Gasteiger partial charge in [0, 0.05) is 22.0 Å². The average molecular weight is 369 g/mol. The molecule has 3 rings (SSSR count). The van der Waals surface area contributed by atoms with E-state index >= 15 is 0 Å². The number of rotatable bonds is 5. The Balaban J connectivity index is 1.94. The molecule has 0 saturated carbocycles. The monoisotopic (exact) mass is 369 g/mol. The lowest BCUT2D eigenvalue weighted by Crippen LogP contribution is -2.34. The first-order chi connectivity index (χ1) is 12.6. The van der Waals surface area contributed by atoms with Crippen molar-refractivity contribution in [3.63, 3.8) is 0 Å².